The number of benzene rings is 1. The highest BCUT2D eigenvalue weighted by molar-refractivity contribution is 5.82. The van der Waals surface area contributed by atoms with Gasteiger partial charge in [-0.1, -0.05) is 12.1 Å². The molecular weight excluding hydrogens is 412 g/mol. The van der Waals surface area contributed by atoms with Crippen molar-refractivity contribution in [3.8, 4) is 22.5 Å². The van der Waals surface area contributed by atoms with Gasteiger partial charge in [-0.2, -0.15) is 26.3 Å². The van der Waals surface area contributed by atoms with Crippen LogP contribution in [-0.4, -0.2) is 19.4 Å². The van der Waals surface area contributed by atoms with Crippen LogP contribution in [0.25, 0.3) is 28.2 Å². The average molecular weight is 423 g/mol. The molecule has 0 fully saturated rings. The van der Waals surface area contributed by atoms with E-state index in [2.05, 4.69) is 15.0 Å². The fraction of sp³-hybridized carbons (Fsp3) is 0.105. The summed E-state index contributed by atoms with van der Waals surface area (Å²) in [7, 11) is 0. The minimum Gasteiger partial charge on any atom is -0.369 e. The van der Waals surface area contributed by atoms with Crippen LogP contribution in [0.2, 0.25) is 0 Å². The minimum absolute atomic E-state index is 0.0225. The summed E-state index contributed by atoms with van der Waals surface area (Å²) < 4.78 is 80.6. The second-order valence-corrected chi connectivity index (χ2v) is 6.32. The van der Waals surface area contributed by atoms with Crippen LogP contribution in [-0.2, 0) is 12.4 Å². The van der Waals surface area contributed by atoms with Gasteiger partial charge in [0.2, 0.25) is 5.95 Å². The van der Waals surface area contributed by atoms with Gasteiger partial charge in [0.1, 0.15) is 11.4 Å². The zero-order valence-electron chi connectivity index (χ0n) is 14.8. The Bertz CT molecular complexity index is 1230. The average Bonchev–Trinajstić information content (AvgIpc) is 3.06. The number of nitrogen functional groups attached to an aromatic ring is 1. The second kappa shape index (κ2) is 6.71. The maximum atomic E-state index is 13.5. The molecule has 4 rings (SSSR count). The van der Waals surface area contributed by atoms with Gasteiger partial charge in [-0.3, -0.25) is 9.38 Å². The van der Waals surface area contributed by atoms with Crippen LogP contribution >= 0.6 is 0 Å². The zero-order valence-corrected chi connectivity index (χ0v) is 14.8. The summed E-state index contributed by atoms with van der Waals surface area (Å²) in [5.74, 6) is 0.0225. The van der Waals surface area contributed by atoms with Gasteiger partial charge in [0.15, 0.2) is 5.65 Å². The number of nitrogens with two attached hydrogens (primary N) is 1. The highest BCUT2D eigenvalue weighted by Crippen LogP contribution is 2.39. The van der Waals surface area contributed by atoms with Crippen LogP contribution in [0.5, 0.6) is 0 Å². The fourth-order valence-corrected chi connectivity index (χ4v) is 3.00. The van der Waals surface area contributed by atoms with Crippen LogP contribution in [0.3, 0.4) is 0 Å². The third-order valence-electron chi connectivity index (χ3n) is 4.41. The second-order valence-electron chi connectivity index (χ2n) is 6.32. The number of aromatic nitrogens is 4. The first-order chi connectivity index (χ1) is 14.1. The first-order valence-corrected chi connectivity index (χ1v) is 8.39. The molecule has 0 amide bonds. The first-order valence-electron chi connectivity index (χ1n) is 8.39. The molecule has 0 aliphatic carbocycles. The van der Waals surface area contributed by atoms with Crippen LogP contribution in [0.15, 0.2) is 55.0 Å². The van der Waals surface area contributed by atoms with Crippen molar-refractivity contribution in [3.05, 3.63) is 66.1 Å². The lowest BCUT2D eigenvalue weighted by Crippen LogP contribution is -2.10. The zero-order chi connectivity index (χ0) is 21.7. The first kappa shape index (κ1) is 19.7. The number of pyridine rings is 1. The summed E-state index contributed by atoms with van der Waals surface area (Å²) in [5.41, 5.74) is 3.72. The molecule has 0 atom stereocenters. The number of rotatable bonds is 2. The topological polar surface area (TPSA) is 69.1 Å². The Morgan fingerprint density at radius 2 is 1.53 bits per heavy atom. The molecule has 0 unspecified atom stereocenters. The third kappa shape index (κ3) is 3.42. The Morgan fingerprint density at radius 1 is 0.833 bits per heavy atom. The van der Waals surface area contributed by atoms with Gasteiger partial charge >= 0.3 is 12.4 Å². The van der Waals surface area contributed by atoms with Crippen LogP contribution < -0.4 is 5.73 Å². The van der Waals surface area contributed by atoms with Gasteiger partial charge in [0.05, 0.1) is 17.3 Å². The van der Waals surface area contributed by atoms with E-state index in [4.69, 9.17) is 5.73 Å². The van der Waals surface area contributed by atoms with Crippen molar-refractivity contribution in [2.24, 2.45) is 0 Å². The highest BCUT2D eigenvalue weighted by Gasteiger charge is 2.36. The number of hydrogen-bond donors (Lipinski definition) is 1. The third-order valence-corrected chi connectivity index (χ3v) is 4.41. The molecule has 30 heavy (non-hydrogen) atoms. The van der Waals surface area contributed by atoms with Crippen molar-refractivity contribution in [1.82, 2.24) is 19.4 Å². The molecular formula is C19H11F6N5. The van der Waals surface area contributed by atoms with Gasteiger partial charge in [-0.05, 0) is 29.8 Å². The summed E-state index contributed by atoms with van der Waals surface area (Å²) in [6, 6.07) is 5.97. The van der Waals surface area contributed by atoms with Crippen molar-refractivity contribution in [2.75, 3.05) is 5.73 Å². The monoisotopic (exact) mass is 423 g/mol. The number of hydrogen-bond acceptors (Lipinski definition) is 4. The summed E-state index contributed by atoms with van der Waals surface area (Å²) in [4.78, 5) is 11.9. The van der Waals surface area contributed by atoms with E-state index in [0.29, 0.717) is 0 Å². The highest BCUT2D eigenvalue weighted by atomic mass is 19.4. The summed E-state index contributed by atoms with van der Waals surface area (Å²) in [6.07, 6.45) is -5.45. The van der Waals surface area contributed by atoms with Crippen molar-refractivity contribution in [1.29, 1.82) is 0 Å². The van der Waals surface area contributed by atoms with Gasteiger partial charge in [-0.15, -0.1) is 0 Å². The van der Waals surface area contributed by atoms with Crippen LogP contribution in [0.4, 0.5) is 32.3 Å². The SMILES string of the molecule is Nc1ncc2nc(-c3ncccc3C(F)(F)F)c(-c3ccc(C(F)(F)F)cc3)cn12. The Balaban J connectivity index is 2.00. The standard InChI is InChI=1S/C19H11F6N5/c20-18(21,22)11-5-3-10(4-6-11)12-9-30-14(8-28-17(30)26)29-15(12)16-13(19(23,24)25)2-1-7-27-16/h1-9H,(H2,26,28). The van der Waals surface area contributed by atoms with Crippen molar-refractivity contribution < 1.29 is 26.3 Å². The molecule has 0 radical (unpaired) electrons. The lowest BCUT2D eigenvalue weighted by Gasteiger charge is -2.15. The smallest absolute Gasteiger partial charge is 0.369 e. The molecule has 2 N–H and O–H groups in total. The molecule has 0 aliphatic heterocycles. The Hall–Kier alpha value is -3.63. The Labute approximate surface area is 164 Å². The largest absolute Gasteiger partial charge is 0.418 e. The van der Waals surface area contributed by atoms with E-state index in [1.165, 1.54) is 23.0 Å². The lowest BCUT2D eigenvalue weighted by molar-refractivity contribution is -0.138. The predicted molar refractivity (Wildman–Crippen MR) is 96.1 cm³/mol. The summed E-state index contributed by atoms with van der Waals surface area (Å²) in [6.45, 7) is 0. The van der Waals surface area contributed by atoms with Gasteiger partial charge in [0, 0.05) is 18.0 Å². The number of anilines is 1. The van der Waals surface area contributed by atoms with E-state index >= 15 is 0 Å². The van der Waals surface area contributed by atoms with E-state index in [9.17, 15) is 26.3 Å². The Kier molecular flexibility index (Phi) is 4.40. The maximum absolute atomic E-state index is 13.5. The van der Waals surface area contributed by atoms with E-state index < -0.39 is 29.2 Å². The van der Waals surface area contributed by atoms with E-state index in [1.807, 2.05) is 0 Å². The fourth-order valence-electron chi connectivity index (χ4n) is 3.00. The molecule has 0 bridgehead atoms. The molecule has 3 heterocycles. The molecule has 0 spiro atoms. The van der Waals surface area contributed by atoms with Crippen molar-refractivity contribution in [3.63, 3.8) is 0 Å². The molecule has 3 aromatic heterocycles. The molecule has 11 heteroatoms. The van der Waals surface area contributed by atoms with Gasteiger partial charge < -0.3 is 5.73 Å². The minimum atomic E-state index is -4.71. The maximum Gasteiger partial charge on any atom is 0.418 e. The normalized spacial score (nSPS) is 12.5. The number of halogens is 6. The predicted octanol–water partition coefficient (Wildman–Crippen LogP) is 5.08. The molecule has 4 aromatic rings. The number of fused-ring (bicyclic) bond motifs is 1. The van der Waals surface area contributed by atoms with E-state index in [-0.39, 0.29) is 28.4 Å². The van der Waals surface area contributed by atoms with Crippen LogP contribution in [0, 0.1) is 0 Å². The quantitative estimate of drug-likeness (QED) is 0.457. The molecule has 0 saturated heterocycles. The molecule has 154 valence electrons. The summed E-state index contributed by atoms with van der Waals surface area (Å²) in [5, 5.41) is 0. The van der Waals surface area contributed by atoms with Crippen LogP contribution in [0.1, 0.15) is 11.1 Å². The van der Waals surface area contributed by atoms with E-state index in [1.54, 1.807) is 0 Å². The lowest BCUT2D eigenvalue weighted by atomic mass is 9.99. The molecule has 1 aromatic carbocycles. The van der Waals surface area contributed by atoms with Gasteiger partial charge in [-0.25, -0.2) is 9.97 Å². The molecule has 0 saturated carbocycles. The van der Waals surface area contributed by atoms with Gasteiger partial charge in [0.25, 0.3) is 0 Å². The summed E-state index contributed by atoms with van der Waals surface area (Å²) >= 11 is 0. The van der Waals surface area contributed by atoms with Crippen molar-refractivity contribution in [2.45, 2.75) is 12.4 Å². The molecule has 5 nitrogen and oxygen atoms in total. The number of alkyl halides is 6. The van der Waals surface area contributed by atoms with E-state index in [0.717, 1.165) is 36.4 Å². The number of imidazole rings is 1. The Morgan fingerprint density at radius 3 is 2.17 bits per heavy atom. The van der Waals surface area contributed by atoms with Crippen molar-refractivity contribution >= 4 is 11.6 Å². The number of nitrogens with zero attached hydrogens (tertiary/aromatic N) is 4. The molecule has 0 aliphatic rings.